The van der Waals surface area contributed by atoms with Crippen LogP contribution in [0.25, 0.3) is 33.5 Å². The summed E-state index contributed by atoms with van der Waals surface area (Å²) in [5.41, 5.74) is 4.70. The Hall–Kier alpha value is -4.43. The van der Waals surface area contributed by atoms with Gasteiger partial charge in [-0.3, -0.25) is 0 Å². The van der Waals surface area contributed by atoms with Crippen LogP contribution in [0.15, 0.2) is 94.3 Å². The molecule has 0 atom stereocenters. The Balaban J connectivity index is 1.65. The third-order valence-electron chi connectivity index (χ3n) is 4.81. The highest BCUT2D eigenvalue weighted by Crippen LogP contribution is 2.42. The van der Waals surface area contributed by atoms with Crippen molar-refractivity contribution in [2.45, 2.75) is 0 Å². The first-order valence-corrected chi connectivity index (χ1v) is 9.50. The van der Waals surface area contributed by atoms with Crippen molar-refractivity contribution in [3.8, 4) is 28.5 Å². The smallest absolute Gasteiger partial charge is 0.238 e. The molecule has 5 heteroatoms. The van der Waals surface area contributed by atoms with Gasteiger partial charge in [-0.05, 0) is 17.7 Å². The molecule has 0 amide bonds. The third kappa shape index (κ3) is 3.17. The molecular weight excluding hydrogens is 372 g/mol. The van der Waals surface area contributed by atoms with Crippen molar-refractivity contribution < 1.29 is 4.42 Å². The predicted molar refractivity (Wildman–Crippen MR) is 118 cm³/mol. The number of nitriles is 1. The number of hydrogen-bond donors (Lipinski definition) is 1. The Labute approximate surface area is 173 Å². The van der Waals surface area contributed by atoms with Crippen molar-refractivity contribution >= 4 is 23.1 Å². The number of para-hydroxylation sites is 2. The summed E-state index contributed by atoms with van der Waals surface area (Å²) in [6.45, 7) is 0. The van der Waals surface area contributed by atoms with E-state index < -0.39 is 0 Å². The van der Waals surface area contributed by atoms with E-state index in [4.69, 9.17) is 4.42 Å². The maximum absolute atomic E-state index is 9.93. The van der Waals surface area contributed by atoms with Gasteiger partial charge < -0.3 is 9.40 Å². The highest BCUT2D eigenvalue weighted by Gasteiger charge is 2.22. The zero-order valence-corrected chi connectivity index (χ0v) is 15.9. The predicted octanol–water partition coefficient (Wildman–Crippen LogP) is 6.11. The summed E-state index contributed by atoms with van der Waals surface area (Å²) in [6, 6.07) is 29.5. The number of H-pyrrole nitrogens is 1. The van der Waals surface area contributed by atoms with Crippen molar-refractivity contribution in [1.82, 2.24) is 9.97 Å². The molecule has 5 aromatic rings. The van der Waals surface area contributed by atoms with Crippen molar-refractivity contribution in [2.75, 3.05) is 0 Å². The van der Waals surface area contributed by atoms with E-state index >= 15 is 0 Å². The molecule has 30 heavy (non-hydrogen) atoms. The second-order valence-corrected chi connectivity index (χ2v) is 6.73. The van der Waals surface area contributed by atoms with Gasteiger partial charge in [-0.25, -0.2) is 9.98 Å². The zero-order chi connectivity index (χ0) is 20.3. The number of aromatic nitrogens is 2. The van der Waals surface area contributed by atoms with Crippen LogP contribution in [0.4, 0.5) is 5.88 Å². The standard InChI is InChI=1S/C25H16N4O/c26-15-19-23(17-9-3-1-4-10-17)24(18-11-5-2-6-12-18)30-25(19)27-16-22-28-20-13-7-8-14-21(20)29-22/h1-14,16H,(H,28,29)/b27-16+. The van der Waals surface area contributed by atoms with Gasteiger partial charge in [-0.15, -0.1) is 0 Å². The van der Waals surface area contributed by atoms with Crippen molar-refractivity contribution in [1.29, 1.82) is 5.26 Å². The van der Waals surface area contributed by atoms with Gasteiger partial charge in [0.05, 0.1) is 17.2 Å². The van der Waals surface area contributed by atoms with E-state index in [1.165, 1.54) is 0 Å². The molecule has 0 saturated heterocycles. The van der Waals surface area contributed by atoms with E-state index in [0.29, 0.717) is 17.1 Å². The number of imidazole rings is 1. The molecule has 0 saturated carbocycles. The molecule has 0 aliphatic carbocycles. The Morgan fingerprint density at radius 3 is 2.23 bits per heavy atom. The molecule has 0 aliphatic rings. The Bertz CT molecular complexity index is 1360. The highest BCUT2D eigenvalue weighted by molar-refractivity contribution is 5.90. The van der Waals surface area contributed by atoms with Crippen LogP contribution in [0.2, 0.25) is 0 Å². The number of rotatable bonds is 4. The molecule has 3 aromatic carbocycles. The van der Waals surface area contributed by atoms with Crippen molar-refractivity contribution in [3.05, 3.63) is 96.3 Å². The number of aliphatic imine (C=N–C) groups is 1. The maximum Gasteiger partial charge on any atom is 0.238 e. The molecule has 0 bridgehead atoms. The lowest BCUT2D eigenvalue weighted by atomic mass is 9.98. The Morgan fingerprint density at radius 2 is 1.53 bits per heavy atom. The molecule has 142 valence electrons. The molecule has 2 aromatic heterocycles. The molecule has 0 radical (unpaired) electrons. The lowest BCUT2D eigenvalue weighted by Gasteiger charge is -2.03. The molecule has 5 rings (SSSR count). The molecule has 0 unspecified atom stereocenters. The molecule has 5 nitrogen and oxygen atoms in total. The molecule has 0 spiro atoms. The van der Waals surface area contributed by atoms with E-state index in [0.717, 1.165) is 27.7 Å². The molecular formula is C25H16N4O. The van der Waals surface area contributed by atoms with Crippen LogP contribution in [-0.2, 0) is 0 Å². The summed E-state index contributed by atoms with van der Waals surface area (Å²) in [6.07, 6.45) is 1.59. The molecule has 0 aliphatic heterocycles. The van der Waals surface area contributed by atoms with Crippen LogP contribution < -0.4 is 0 Å². The fourth-order valence-electron chi connectivity index (χ4n) is 3.44. The quantitative estimate of drug-likeness (QED) is 0.377. The number of furan rings is 1. The van der Waals surface area contributed by atoms with Crippen LogP contribution in [0.5, 0.6) is 0 Å². The lowest BCUT2D eigenvalue weighted by molar-refractivity contribution is 0.593. The fourth-order valence-corrected chi connectivity index (χ4v) is 3.44. The van der Waals surface area contributed by atoms with E-state index in [2.05, 4.69) is 21.0 Å². The number of benzene rings is 3. The van der Waals surface area contributed by atoms with E-state index in [1.54, 1.807) is 6.21 Å². The zero-order valence-electron chi connectivity index (χ0n) is 15.9. The fraction of sp³-hybridized carbons (Fsp3) is 0. The van der Waals surface area contributed by atoms with Gasteiger partial charge in [0.25, 0.3) is 0 Å². The molecule has 1 N–H and O–H groups in total. The van der Waals surface area contributed by atoms with Crippen LogP contribution in [0, 0.1) is 11.3 Å². The first kappa shape index (κ1) is 17.7. The number of nitrogens with zero attached hydrogens (tertiary/aromatic N) is 3. The Kier molecular flexibility index (Phi) is 4.43. The largest absolute Gasteiger partial charge is 0.436 e. The minimum absolute atomic E-state index is 0.260. The third-order valence-corrected chi connectivity index (χ3v) is 4.81. The minimum atomic E-state index is 0.260. The molecule has 0 fully saturated rings. The Morgan fingerprint density at radius 1 is 0.867 bits per heavy atom. The SMILES string of the molecule is N#Cc1c(/N=C/c2nc3ccccc3[nH]2)oc(-c2ccccc2)c1-c1ccccc1. The van der Waals surface area contributed by atoms with Crippen LogP contribution in [0.1, 0.15) is 11.4 Å². The number of fused-ring (bicyclic) bond motifs is 1. The van der Waals surface area contributed by atoms with E-state index in [-0.39, 0.29) is 5.88 Å². The number of aromatic amines is 1. The van der Waals surface area contributed by atoms with Crippen LogP contribution in [-0.4, -0.2) is 16.2 Å². The van der Waals surface area contributed by atoms with Gasteiger partial charge >= 0.3 is 0 Å². The number of nitrogens with one attached hydrogen (secondary N) is 1. The van der Waals surface area contributed by atoms with Gasteiger partial charge in [0.15, 0.2) is 0 Å². The second kappa shape index (κ2) is 7.53. The van der Waals surface area contributed by atoms with Gasteiger partial charge in [-0.2, -0.15) is 5.26 Å². The van der Waals surface area contributed by atoms with Crippen molar-refractivity contribution in [2.24, 2.45) is 4.99 Å². The van der Waals surface area contributed by atoms with E-state index in [9.17, 15) is 5.26 Å². The second-order valence-electron chi connectivity index (χ2n) is 6.73. The molecule has 2 heterocycles. The summed E-state index contributed by atoms with van der Waals surface area (Å²) >= 11 is 0. The van der Waals surface area contributed by atoms with Gasteiger partial charge in [0.1, 0.15) is 23.2 Å². The topological polar surface area (TPSA) is 78.0 Å². The summed E-state index contributed by atoms with van der Waals surface area (Å²) in [5.74, 6) is 1.48. The van der Waals surface area contributed by atoms with Gasteiger partial charge in [0, 0.05) is 11.1 Å². The minimum Gasteiger partial charge on any atom is -0.436 e. The summed E-state index contributed by atoms with van der Waals surface area (Å²) in [5, 5.41) is 9.93. The first-order chi connectivity index (χ1) is 14.8. The number of hydrogen-bond acceptors (Lipinski definition) is 4. The van der Waals surface area contributed by atoms with Crippen LogP contribution >= 0.6 is 0 Å². The van der Waals surface area contributed by atoms with Gasteiger partial charge in [0.2, 0.25) is 5.88 Å². The summed E-state index contributed by atoms with van der Waals surface area (Å²) < 4.78 is 6.11. The lowest BCUT2D eigenvalue weighted by Crippen LogP contribution is -1.84. The monoisotopic (exact) mass is 388 g/mol. The summed E-state index contributed by atoms with van der Waals surface area (Å²) in [4.78, 5) is 12.2. The average Bonchev–Trinajstić information content (AvgIpc) is 3.39. The normalized spacial score (nSPS) is 11.2. The summed E-state index contributed by atoms with van der Waals surface area (Å²) in [7, 11) is 0. The first-order valence-electron chi connectivity index (χ1n) is 9.50. The average molecular weight is 388 g/mol. The maximum atomic E-state index is 9.93. The van der Waals surface area contributed by atoms with Crippen molar-refractivity contribution in [3.63, 3.8) is 0 Å². The van der Waals surface area contributed by atoms with Gasteiger partial charge in [-0.1, -0.05) is 72.8 Å². The highest BCUT2D eigenvalue weighted by atomic mass is 16.4. The van der Waals surface area contributed by atoms with E-state index in [1.807, 2.05) is 84.9 Å². The van der Waals surface area contributed by atoms with Crippen LogP contribution in [0.3, 0.4) is 0 Å².